The number of hydrogen-bond acceptors (Lipinski definition) is 7. The number of Topliss-reactive ketones (excluding diaryl/α,β-unsaturated/α-hetero) is 1. The lowest BCUT2D eigenvalue weighted by Crippen LogP contribution is -2.50. The molecule has 2 rings (SSSR count). The Balaban J connectivity index is 1.61. The molecule has 41 heavy (non-hydrogen) atoms. The van der Waals surface area contributed by atoms with Crippen molar-refractivity contribution >= 4 is 35.1 Å². The molecule has 1 saturated carbocycles. The maximum Gasteiger partial charge on any atom is 0.407 e. The van der Waals surface area contributed by atoms with Gasteiger partial charge in [-0.1, -0.05) is 60.0 Å². The number of anilines is 2. The van der Waals surface area contributed by atoms with Crippen molar-refractivity contribution < 1.29 is 28.7 Å². The standard InChI is InChI=1S/C31H48N4O6/c1-7-21(8-2)28(29(37)19(3)4)35-27(36)18-33-31(39)41-26-16-22(26)13-11-9-10-12-20(5)30(38)34-25-17-23(40-6)14-15-24(25)32/h14-15,17,19,21-22,26,28H,5,7-13,16,18,32H2,1-4,6H3,(H,33,39)(H,34,38)(H,35,36)/t22?,26?,28-/m0/s1. The van der Waals surface area contributed by atoms with E-state index in [2.05, 4.69) is 22.5 Å². The van der Waals surface area contributed by atoms with Crippen molar-refractivity contribution in [3.63, 3.8) is 0 Å². The highest BCUT2D eigenvalue weighted by atomic mass is 16.6. The summed E-state index contributed by atoms with van der Waals surface area (Å²) in [5.74, 6) is 0.114. The van der Waals surface area contributed by atoms with E-state index in [1.807, 2.05) is 27.7 Å². The zero-order chi connectivity index (χ0) is 30.5. The van der Waals surface area contributed by atoms with Gasteiger partial charge >= 0.3 is 6.09 Å². The van der Waals surface area contributed by atoms with E-state index in [0.717, 1.165) is 44.9 Å². The summed E-state index contributed by atoms with van der Waals surface area (Å²) in [6.45, 7) is 11.3. The summed E-state index contributed by atoms with van der Waals surface area (Å²) < 4.78 is 10.6. The van der Waals surface area contributed by atoms with E-state index in [1.165, 1.54) is 0 Å². The van der Waals surface area contributed by atoms with Crippen molar-refractivity contribution in [3.8, 4) is 5.75 Å². The molecule has 1 aromatic rings. The SMILES string of the molecule is C=C(CCCCCC1CC1OC(=O)NCC(=O)N[C@H](C(=O)C(C)C)C(CC)CC)C(=O)Nc1cc(OC)ccc1N. The molecule has 0 bridgehead atoms. The first-order valence-electron chi connectivity index (χ1n) is 14.7. The van der Waals surface area contributed by atoms with Crippen molar-refractivity contribution in [2.75, 3.05) is 24.7 Å². The third-order valence-corrected chi connectivity index (χ3v) is 7.60. The average Bonchev–Trinajstić information content (AvgIpc) is 3.69. The van der Waals surface area contributed by atoms with Crippen LogP contribution in [0.3, 0.4) is 0 Å². The van der Waals surface area contributed by atoms with Gasteiger partial charge in [-0.05, 0) is 49.7 Å². The fraction of sp³-hybridized carbons (Fsp3) is 0.613. The second-order valence-electron chi connectivity index (χ2n) is 11.1. The highest BCUT2D eigenvalue weighted by Gasteiger charge is 2.40. The van der Waals surface area contributed by atoms with Gasteiger partial charge in [0, 0.05) is 17.6 Å². The van der Waals surface area contributed by atoms with Gasteiger partial charge in [0.25, 0.3) is 5.91 Å². The average molecular weight is 573 g/mol. The van der Waals surface area contributed by atoms with Crippen LogP contribution < -0.4 is 26.4 Å². The topological polar surface area (TPSA) is 149 Å². The van der Waals surface area contributed by atoms with Crippen molar-refractivity contribution in [1.82, 2.24) is 10.6 Å². The quantitative estimate of drug-likeness (QED) is 0.110. The number of nitrogens with one attached hydrogen (secondary N) is 3. The number of carbonyl (C=O) groups excluding carboxylic acids is 4. The van der Waals surface area contributed by atoms with Gasteiger partial charge < -0.3 is 31.2 Å². The molecule has 0 aromatic heterocycles. The Kier molecular flexibility index (Phi) is 13.7. The predicted octanol–water partition coefficient (Wildman–Crippen LogP) is 4.98. The molecule has 0 saturated heterocycles. The monoisotopic (exact) mass is 572 g/mol. The van der Waals surface area contributed by atoms with E-state index in [-0.39, 0.29) is 36.2 Å². The number of unbranched alkanes of at least 4 members (excludes halogenated alkanes) is 2. The zero-order valence-corrected chi connectivity index (χ0v) is 25.2. The molecule has 1 aliphatic rings. The van der Waals surface area contributed by atoms with Crippen LogP contribution >= 0.6 is 0 Å². The lowest BCUT2D eigenvalue weighted by molar-refractivity contribution is -0.130. The lowest BCUT2D eigenvalue weighted by atomic mass is 9.87. The molecule has 10 heteroatoms. The summed E-state index contributed by atoms with van der Waals surface area (Å²) >= 11 is 0. The van der Waals surface area contributed by atoms with Crippen LogP contribution in [0.25, 0.3) is 0 Å². The lowest BCUT2D eigenvalue weighted by Gasteiger charge is -2.26. The number of nitrogen functional groups attached to an aromatic ring is 1. The molecule has 3 amide bonds. The molecule has 5 N–H and O–H groups in total. The smallest absolute Gasteiger partial charge is 0.407 e. The van der Waals surface area contributed by atoms with E-state index < -0.39 is 18.0 Å². The van der Waals surface area contributed by atoms with E-state index >= 15 is 0 Å². The highest BCUT2D eigenvalue weighted by Crippen LogP contribution is 2.38. The molecule has 3 atom stereocenters. The van der Waals surface area contributed by atoms with Gasteiger partial charge in [0.1, 0.15) is 18.4 Å². The van der Waals surface area contributed by atoms with Crippen molar-refractivity contribution in [2.45, 2.75) is 91.2 Å². The van der Waals surface area contributed by atoms with E-state index in [4.69, 9.17) is 15.2 Å². The number of methoxy groups -OCH3 is 1. The minimum atomic E-state index is -0.624. The molecular formula is C31H48N4O6. The molecule has 10 nitrogen and oxygen atoms in total. The Bertz CT molecular complexity index is 1070. The number of ketones is 1. The van der Waals surface area contributed by atoms with Crippen LogP contribution in [0, 0.1) is 17.8 Å². The minimum Gasteiger partial charge on any atom is -0.497 e. The van der Waals surface area contributed by atoms with Crippen molar-refractivity contribution in [3.05, 3.63) is 30.4 Å². The molecule has 0 heterocycles. The van der Waals surface area contributed by atoms with Crippen LogP contribution in [-0.4, -0.2) is 49.5 Å². The molecule has 0 radical (unpaired) electrons. The summed E-state index contributed by atoms with van der Waals surface area (Å²) in [7, 11) is 1.55. The summed E-state index contributed by atoms with van der Waals surface area (Å²) in [6, 6.07) is 4.52. The van der Waals surface area contributed by atoms with Crippen LogP contribution in [0.5, 0.6) is 5.75 Å². The Morgan fingerprint density at radius 1 is 1.10 bits per heavy atom. The van der Waals surface area contributed by atoms with Gasteiger partial charge in [0.2, 0.25) is 5.91 Å². The van der Waals surface area contributed by atoms with Gasteiger partial charge in [-0.25, -0.2) is 4.79 Å². The Hall–Kier alpha value is -3.56. The number of amides is 3. The van der Waals surface area contributed by atoms with Crippen LogP contribution in [0.2, 0.25) is 0 Å². The first kappa shape index (κ1) is 33.6. The number of carbonyl (C=O) groups is 4. The van der Waals surface area contributed by atoms with E-state index in [1.54, 1.807) is 25.3 Å². The largest absolute Gasteiger partial charge is 0.497 e. The normalized spacial score (nSPS) is 16.6. The molecule has 1 aromatic carbocycles. The first-order valence-corrected chi connectivity index (χ1v) is 14.7. The summed E-state index contributed by atoms with van der Waals surface area (Å²) in [4.78, 5) is 49.7. The van der Waals surface area contributed by atoms with Crippen molar-refractivity contribution in [1.29, 1.82) is 0 Å². The fourth-order valence-corrected chi connectivity index (χ4v) is 4.78. The number of alkyl carbamates (subject to hydrolysis) is 1. The van der Waals surface area contributed by atoms with Crippen molar-refractivity contribution in [2.24, 2.45) is 17.8 Å². The molecule has 1 aliphatic carbocycles. The van der Waals surface area contributed by atoms with Gasteiger partial charge in [-0.3, -0.25) is 14.4 Å². The number of hydrogen-bond donors (Lipinski definition) is 4. The maximum atomic E-state index is 12.6. The maximum absolute atomic E-state index is 12.6. The molecule has 1 fully saturated rings. The molecular weight excluding hydrogens is 524 g/mol. The van der Waals surface area contributed by atoms with E-state index in [9.17, 15) is 19.2 Å². The second kappa shape index (κ2) is 16.6. The highest BCUT2D eigenvalue weighted by molar-refractivity contribution is 6.05. The van der Waals surface area contributed by atoms with Crippen LogP contribution in [-0.2, 0) is 19.1 Å². The second-order valence-corrected chi connectivity index (χ2v) is 11.1. The van der Waals surface area contributed by atoms with Crippen LogP contribution in [0.4, 0.5) is 16.2 Å². The number of nitrogens with two attached hydrogens (primary N) is 1. The Labute approximate surface area is 244 Å². The molecule has 228 valence electrons. The van der Waals surface area contributed by atoms with E-state index in [0.29, 0.717) is 35.0 Å². The van der Waals surface area contributed by atoms with Gasteiger partial charge in [-0.15, -0.1) is 0 Å². The third kappa shape index (κ3) is 11.1. The van der Waals surface area contributed by atoms with Gasteiger partial charge in [0.15, 0.2) is 5.78 Å². The molecule has 0 spiro atoms. The van der Waals surface area contributed by atoms with Gasteiger partial charge in [0.05, 0.1) is 24.5 Å². The summed E-state index contributed by atoms with van der Waals surface area (Å²) in [5, 5.41) is 8.09. The predicted molar refractivity (Wildman–Crippen MR) is 160 cm³/mol. The first-order chi connectivity index (χ1) is 19.5. The van der Waals surface area contributed by atoms with Crippen LogP contribution in [0.1, 0.15) is 79.1 Å². The number of benzene rings is 1. The third-order valence-electron chi connectivity index (χ3n) is 7.60. The summed E-state index contributed by atoms with van der Waals surface area (Å²) in [6.07, 6.45) is 5.79. The fourth-order valence-electron chi connectivity index (χ4n) is 4.78. The summed E-state index contributed by atoms with van der Waals surface area (Å²) in [5.41, 5.74) is 7.36. The Morgan fingerprint density at radius 3 is 2.44 bits per heavy atom. The minimum absolute atomic E-state index is 0.00134. The van der Waals surface area contributed by atoms with Gasteiger partial charge in [-0.2, -0.15) is 0 Å². The Morgan fingerprint density at radius 2 is 1.80 bits per heavy atom. The molecule has 2 unspecified atom stereocenters. The zero-order valence-electron chi connectivity index (χ0n) is 25.2. The van der Waals surface area contributed by atoms with Crippen LogP contribution in [0.15, 0.2) is 30.4 Å². The molecule has 0 aliphatic heterocycles. The number of rotatable bonds is 18. The number of ether oxygens (including phenoxy) is 2.